The van der Waals surface area contributed by atoms with Crippen LogP contribution < -0.4 is 5.73 Å². The molecule has 2 nitrogen and oxygen atoms in total. The van der Waals surface area contributed by atoms with Gasteiger partial charge in [0.2, 0.25) is 0 Å². The molecule has 0 spiro atoms. The quantitative estimate of drug-likeness (QED) is 0.865. The molecule has 0 saturated carbocycles. The summed E-state index contributed by atoms with van der Waals surface area (Å²) in [5, 5.41) is 0. The molecule has 1 heterocycles. The Labute approximate surface area is 101 Å². The molecule has 0 radical (unpaired) electrons. The largest absolute Gasteiger partial charge is 0.329 e. The minimum Gasteiger partial charge on any atom is -0.329 e. The van der Waals surface area contributed by atoms with Gasteiger partial charge in [-0.1, -0.05) is 18.5 Å². The van der Waals surface area contributed by atoms with E-state index in [9.17, 15) is 0 Å². The second-order valence-corrected chi connectivity index (χ2v) is 5.56. The van der Waals surface area contributed by atoms with Gasteiger partial charge in [0.25, 0.3) is 0 Å². The fourth-order valence-corrected chi connectivity index (χ4v) is 3.06. The summed E-state index contributed by atoms with van der Waals surface area (Å²) >= 11 is 7.57. The maximum Gasteiger partial charge on any atom is 0.0931 e. The lowest BCUT2D eigenvalue weighted by molar-refractivity contribution is 0.169. The minimum absolute atomic E-state index is 0.299. The summed E-state index contributed by atoms with van der Waals surface area (Å²) in [6.45, 7) is 8.21. The molecule has 15 heavy (non-hydrogen) atoms. The van der Waals surface area contributed by atoms with E-state index >= 15 is 0 Å². The van der Waals surface area contributed by atoms with Crippen molar-refractivity contribution in [3.05, 3.63) is 21.3 Å². The second kappa shape index (κ2) is 5.85. The monoisotopic (exact) mass is 246 g/mol. The van der Waals surface area contributed by atoms with Crippen LogP contribution in [0.15, 0.2) is 12.1 Å². The van der Waals surface area contributed by atoms with Crippen LogP contribution in [0.3, 0.4) is 0 Å². The number of hydrogen-bond donors (Lipinski definition) is 1. The number of likely N-dealkylation sites (N-methyl/N-ethyl adjacent to an activating group) is 1. The first kappa shape index (κ1) is 13.0. The SMILES string of the molecule is CCN(C(C)C)C(CN)c1ccc(Cl)s1. The van der Waals surface area contributed by atoms with Crippen LogP contribution >= 0.6 is 22.9 Å². The lowest BCUT2D eigenvalue weighted by Crippen LogP contribution is -2.38. The topological polar surface area (TPSA) is 29.3 Å². The first-order valence-corrected chi connectivity index (χ1v) is 6.50. The van der Waals surface area contributed by atoms with E-state index in [1.807, 2.05) is 6.07 Å². The van der Waals surface area contributed by atoms with Crippen LogP contribution in [0.5, 0.6) is 0 Å². The lowest BCUT2D eigenvalue weighted by Gasteiger charge is -2.32. The van der Waals surface area contributed by atoms with E-state index in [0.717, 1.165) is 10.9 Å². The molecule has 1 unspecified atom stereocenters. The molecule has 0 aromatic carbocycles. The van der Waals surface area contributed by atoms with E-state index in [1.165, 1.54) is 4.88 Å². The molecule has 0 aliphatic heterocycles. The van der Waals surface area contributed by atoms with Crippen molar-refractivity contribution in [3.8, 4) is 0 Å². The Balaban J connectivity index is 2.86. The van der Waals surface area contributed by atoms with Gasteiger partial charge >= 0.3 is 0 Å². The highest BCUT2D eigenvalue weighted by atomic mass is 35.5. The Hall–Kier alpha value is -0.0900. The van der Waals surface area contributed by atoms with Crippen LogP contribution in [-0.2, 0) is 0 Å². The number of nitrogens with two attached hydrogens (primary N) is 1. The van der Waals surface area contributed by atoms with E-state index in [0.29, 0.717) is 18.6 Å². The standard InChI is InChI=1S/C11H19ClN2S/c1-4-14(8(2)3)9(7-13)10-5-6-11(12)15-10/h5-6,8-9H,4,7,13H2,1-3H3. The number of halogens is 1. The second-order valence-electron chi connectivity index (χ2n) is 3.82. The molecular formula is C11H19ClN2S. The fraction of sp³-hybridized carbons (Fsp3) is 0.636. The van der Waals surface area contributed by atoms with Crippen LogP contribution in [0, 0.1) is 0 Å². The summed E-state index contributed by atoms with van der Waals surface area (Å²) in [4.78, 5) is 3.65. The molecule has 1 rings (SSSR count). The summed E-state index contributed by atoms with van der Waals surface area (Å²) in [5.74, 6) is 0. The third kappa shape index (κ3) is 3.18. The minimum atomic E-state index is 0.299. The zero-order chi connectivity index (χ0) is 11.4. The molecule has 1 aromatic heterocycles. The van der Waals surface area contributed by atoms with Crippen LogP contribution in [0.4, 0.5) is 0 Å². The molecule has 0 aliphatic carbocycles. The Bertz CT molecular complexity index is 299. The molecule has 0 bridgehead atoms. The van der Waals surface area contributed by atoms with Crippen LogP contribution in [0.1, 0.15) is 31.7 Å². The smallest absolute Gasteiger partial charge is 0.0931 e. The van der Waals surface area contributed by atoms with Crippen molar-refractivity contribution in [2.45, 2.75) is 32.9 Å². The Morgan fingerprint density at radius 1 is 1.47 bits per heavy atom. The van der Waals surface area contributed by atoms with Gasteiger partial charge in [-0.25, -0.2) is 0 Å². The molecule has 86 valence electrons. The summed E-state index contributed by atoms with van der Waals surface area (Å²) in [6.07, 6.45) is 0. The predicted octanol–water partition coefficient (Wildman–Crippen LogP) is 3.13. The van der Waals surface area contributed by atoms with Crippen LogP contribution in [0.2, 0.25) is 4.34 Å². The van der Waals surface area contributed by atoms with Gasteiger partial charge in [-0.2, -0.15) is 0 Å². The third-order valence-electron chi connectivity index (χ3n) is 2.57. The molecule has 0 fully saturated rings. The van der Waals surface area contributed by atoms with Gasteiger partial charge in [0.05, 0.1) is 10.4 Å². The van der Waals surface area contributed by atoms with Gasteiger partial charge in [0.1, 0.15) is 0 Å². The van der Waals surface area contributed by atoms with Crippen molar-refractivity contribution in [3.63, 3.8) is 0 Å². The summed E-state index contributed by atoms with van der Waals surface area (Å²) in [5.41, 5.74) is 5.85. The molecule has 1 atom stereocenters. The van der Waals surface area contributed by atoms with Gasteiger partial charge in [0.15, 0.2) is 0 Å². The average Bonchev–Trinajstić information content (AvgIpc) is 2.60. The molecule has 2 N–H and O–H groups in total. The van der Waals surface area contributed by atoms with Crippen molar-refractivity contribution < 1.29 is 0 Å². The zero-order valence-corrected chi connectivity index (χ0v) is 11.1. The van der Waals surface area contributed by atoms with Gasteiger partial charge in [-0.05, 0) is 32.5 Å². The summed E-state index contributed by atoms with van der Waals surface area (Å²) in [6, 6.07) is 4.82. The van der Waals surface area contributed by atoms with Gasteiger partial charge in [0, 0.05) is 17.5 Å². The van der Waals surface area contributed by atoms with E-state index in [-0.39, 0.29) is 0 Å². The van der Waals surface area contributed by atoms with E-state index < -0.39 is 0 Å². The van der Waals surface area contributed by atoms with Crippen molar-refractivity contribution in [1.29, 1.82) is 0 Å². The Morgan fingerprint density at radius 3 is 2.47 bits per heavy atom. The zero-order valence-electron chi connectivity index (χ0n) is 9.53. The summed E-state index contributed by atoms with van der Waals surface area (Å²) in [7, 11) is 0. The summed E-state index contributed by atoms with van der Waals surface area (Å²) < 4.78 is 0.836. The molecule has 0 saturated heterocycles. The van der Waals surface area contributed by atoms with Crippen molar-refractivity contribution >= 4 is 22.9 Å². The van der Waals surface area contributed by atoms with Gasteiger partial charge in [-0.15, -0.1) is 11.3 Å². The van der Waals surface area contributed by atoms with Crippen LogP contribution in [0.25, 0.3) is 0 Å². The van der Waals surface area contributed by atoms with Gasteiger partial charge in [-0.3, -0.25) is 4.90 Å². The number of rotatable bonds is 5. The Morgan fingerprint density at radius 2 is 2.13 bits per heavy atom. The van der Waals surface area contributed by atoms with Crippen molar-refractivity contribution in [1.82, 2.24) is 4.90 Å². The molecule has 0 amide bonds. The first-order valence-electron chi connectivity index (χ1n) is 5.31. The average molecular weight is 247 g/mol. The highest BCUT2D eigenvalue weighted by Gasteiger charge is 2.21. The van der Waals surface area contributed by atoms with Crippen molar-refractivity contribution in [2.75, 3.05) is 13.1 Å². The normalized spacial score (nSPS) is 13.8. The van der Waals surface area contributed by atoms with Crippen LogP contribution in [-0.4, -0.2) is 24.0 Å². The number of thiophene rings is 1. The van der Waals surface area contributed by atoms with Crippen molar-refractivity contribution in [2.24, 2.45) is 5.73 Å². The van der Waals surface area contributed by atoms with E-state index in [1.54, 1.807) is 11.3 Å². The highest BCUT2D eigenvalue weighted by Crippen LogP contribution is 2.30. The Kier molecular flexibility index (Phi) is 5.06. The predicted molar refractivity (Wildman–Crippen MR) is 68.6 cm³/mol. The fourth-order valence-electron chi connectivity index (χ4n) is 1.87. The third-order valence-corrected chi connectivity index (χ3v) is 3.91. The molecular weight excluding hydrogens is 228 g/mol. The molecule has 0 aliphatic rings. The first-order chi connectivity index (χ1) is 7.10. The number of hydrogen-bond acceptors (Lipinski definition) is 3. The van der Waals surface area contributed by atoms with Gasteiger partial charge < -0.3 is 5.73 Å². The molecule has 1 aromatic rings. The highest BCUT2D eigenvalue weighted by molar-refractivity contribution is 7.16. The van der Waals surface area contributed by atoms with E-state index in [4.69, 9.17) is 17.3 Å². The maximum atomic E-state index is 5.95. The maximum absolute atomic E-state index is 5.95. The molecule has 4 heteroatoms. The number of nitrogens with zero attached hydrogens (tertiary/aromatic N) is 1. The lowest BCUT2D eigenvalue weighted by atomic mass is 10.1. The van der Waals surface area contributed by atoms with E-state index in [2.05, 4.69) is 31.7 Å².